The molecule has 146 valence electrons. The lowest BCUT2D eigenvalue weighted by Gasteiger charge is -2.56. The van der Waals surface area contributed by atoms with Gasteiger partial charge in [0.2, 0.25) is 12.6 Å². The van der Waals surface area contributed by atoms with Crippen LogP contribution < -0.4 is 14.8 Å². The van der Waals surface area contributed by atoms with Crippen molar-refractivity contribution >= 4 is 5.91 Å². The summed E-state index contributed by atoms with van der Waals surface area (Å²) in [6, 6.07) is 5.43. The standard InChI is InChI=1S/C21H23N3O4/c25-19(22-10-21-7-12-3-13(8-21)5-14(4-12)9-21)20-23-18(24-28-20)15-1-2-16-17(6-15)27-11-26-16/h1-2,6,12-14H,3-5,7-11H2,(H,22,25). The van der Waals surface area contributed by atoms with Gasteiger partial charge in [0.1, 0.15) is 0 Å². The third-order valence-electron chi connectivity index (χ3n) is 7.04. The number of hydrogen-bond donors (Lipinski definition) is 1. The molecular formula is C21H23N3O4. The maximum Gasteiger partial charge on any atom is 0.316 e. The van der Waals surface area contributed by atoms with Gasteiger partial charge < -0.3 is 19.3 Å². The van der Waals surface area contributed by atoms with E-state index in [2.05, 4.69) is 15.5 Å². The summed E-state index contributed by atoms with van der Waals surface area (Å²) in [5.74, 6) is 4.04. The van der Waals surface area contributed by atoms with Gasteiger partial charge in [-0.2, -0.15) is 4.98 Å². The number of carbonyl (C=O) groups excluding carboxylic acids is 1. The number of nitrogens with zero attached hydrogens (tertiary/aromatic N) is 2. The number of hydrogen-bond acceptors (Lipinski definition) is 6. The normalized spacial score (nSPS) is 31.9. The van der Waals surface area contributed by atoms with Crippen LogP contribution in [0.4, 0.5) is 0 Å². The smallest absolute Gasteiger partial charge is 0.316 e. The number of rotatable bonds is 4. The lowest BCUT2D eigenvalue weighted by atomic mass is 9.49. The summed E-state index contributed by atoms with van der Waals surface area (Å²) in [5.41, 5.74) is 1.01. The molecule has 0 saturated heterocycles. The molecule has 0 spiro atoms. The highest BCUT2D eigenvalue weighted by molar-refractivity contribution is 5.89. The first-order chi connectivity index (χ1) is 13.7. The molecule has 7 heteroatoms. The maximum absolute atomic E-state index is 12.6. The number of fused-ring (bicyclic) bond motifs is 1. The lowest BCUT2D eigenvalue weighted by Crippen LogP contribution is -2.51. The van der Waals surface area contributed by atoms with E-state index in [-0.39, 0.29) is 24.0 Å². The van der Waals surface area contributed by atoms with Crippen molar-refractivity contribution in [2.45, 2.75) is 38.5 Å². The van der Waals surface area contributed by atoms with Gasteiger partial charge >= 0.3 is 11.8 Å². The molecule has 1 N–H and O–H groups in total. The molecule has 1 aromatic heterocycles. The van der Waals surface area contributed by atoms with Gasteiger partial charge in [0.15, 0.2) is 11.5 Å². The monoisotopic (exact) mass is 381 g/mol. The Balaban J connectivity index is 1.15. The third-order valence-corrected chi connectivity index (χ3v) is 7.04. The van der Waals surface area contributed by atoms with E-state index in [1.165, 1.54) is 38.5 Å². The highest BCUT2D eigenvalue weighted by atomic mass is 16.7. The van der Waals surface area contributed by atoms with Crippen LogP contribution in [0.25, 0.3) is 11.4 Å². The van der Waals surface area contributed by atoms with Crippen LogP contribution in [-0.2, 0) is 0 Å². The van der Waals surface area contributed by atoms with Crippen LogP contribution in [0.1, 0.15) is 49.2 Å². The minimum Gasteiger partial charge on any atom is -0.454 e. The van der Waals surface area contributed by atoms with Crippen LogP contribution in [0.15, 0.2) is 22.7 Å². The Morgan fingerprint density at radius 1 is 1.07 bits per heavy atom. The summed E-state index contributed by atoms with van der Waals surface area (Å²) < 4.78 is 15.9. The molecule has 4 saturated carbocycles. The predicted octanol–water partition coefficient (Wildman–Crippen LogP) is 3.41. The largest absolute Gasteiger partial charge is 0.454 e. The van der Waals surface area contributed by atoms with Crippen molar-refractivity contribution in [2.24, 2.45) is 23.2 Å². The molecule has 5 aliphatic rings. The molecule has 0 radical (unpaired) electrons. The number of carbonyl (C=O) groups is 1. The van der Waals surface area contributed by atoms with Gasteiger partial charge in [-0.25, -0.2) is 0 Å². The zero-order chi connectivity index (χ0) is 18.7. The first-order valence-electron chi connectivity index (χ1n) is 10.2. The second-order valence-corrected chi connectivity index (χ2v) is 9.09. The topological polar surface area (TPSA) is 86.5 Å². The molecule has 28 heavy (non-hydrogen) atoms. The van der Waals surface area contributed by atoms with Crippen LogP contribution in [0, 0.1) is 23.2 Å². The zero-order valence-electron chi connectivity index (χ0n) is 15.6. The van der Waals surface area contributed by atoms with Crippen molar-refractivity contribution in [1.29, 1.82) is 0 Å². The third kappa shape index (κ3) is 2.67. The van der Waals surface area contributed by atoms with Gasteiger partial charge in [-0.05, 0) is 79.9 Å². The second kappa shape index (κ2) is 5.96. The van der Waals surface area contributed by atoms with E-state index >= 15 is 0 Å². The van der Waals surface area contributed by atoms with Crippen molar-refractivity contribution in [2.75, 3.05) is 13.3 Å². The molecule has 4 fully saturated rings. The first-order valence-corrected chi connectivity index (χ1v) is 10.2. The molecular weight excluding hydrogens is 358 g/mol. The minimum absolute atomic E-state index is 0.0115. The van der Waals surface area contributed by atoms with Gasteiger partial charge in [-0.15, -0.1) is 0 Å². The molecule has 7 nitrogen and oxygen atoms in total. The Hall–Kier alpha value is -2.57. The van der Waals surface area contributed by atoms with Crippen molar-refractivity contribution in [3.8, 4) is 22.9 Å². The Morgan fingerprint density at radius 2 is 1.79 bits per heavy atom. The fraction of sp³-hybridized carbons (Fsp3) is 0.571. The van der Waals surface area contributed by atoms with E-state index in [4.69, 9.17) is 14.0 Å². The molecule has 2 aromatic rings. The molecule has 4 bridgehead atoms. The quantitative estimate of drug-likeness (QED) is 0.873. The van der Waals surface area contributed by atoms with E-state index in [0.29, 0.717) is 17.3 Å². The van der Waals surface area contributed by atoms with Crippen LogP contribution in [0.5, 0.6) is 11.5 Å². The molecule has 4 aliphatic carbocycles. The Kier molecular flexibility index (Phi) is 3.49. The lowest BCUT2D eigenvalue weighted by molar-refractivity contribution is -0.0504. The average molecular weight is 381 g/mol. The summed E-state index contributed by atoms with van der Waals surface area (Å²) in [6.45, 7) is 0.931. The maximum atomic E-state index is 12.6. The number of amides is 1. The number of nitrogens with one attached hydrogen (secondary N) is 1. The molecule has 0 atom stereocenters. The highest BCUT2D eigenvalue weighted by Gasteiger charge is 2.50. The number of aromatic nitrogens is 2. The van der Waals surface area contributed by atoms with Gasteiger partial charge in [-0.1, -0.05) is 5.16 Å². The van der Waals surface area contributed by atoms with Crippen LogP contribution in [0.2, 0.25) is 0 Å². The van der Waals surface area contributed by atoms with Crippen molar-refractivity contribution in [3.63, 3.8) is 0 Å². The molecule has 0 unspecified atom stereocenters. The van der Waals surface area contributed by atoms with E-state index in [9.17, 15) is 4.79 Å². The average Bonchev–Trinajstić information content (AvgIpc) is 3.34. The summed E-state index contributed by atoms with van der Waals surface area (Å²) in [4.78, 5) is 16.9. The highest BCUT2D eigenvalue weighted by Crippen LogP contribution is 2.59. The van der Waals surface area contributed by atoms with Gasteiger partial charge in [0.05, 0.1) is 0 Å². The molecule has 1 amide bonds. The molecule has 1 aromatic carbocycles. The second-order valence-electron chi connectivity index (χ2n) is 9.09. The van der Waals surface area contributed by atoms with E-state index < -0.39 is 0 Å². The molecule has 1 aliphatic heterocycles. The SMILES string of the molecule is O=C(NCC12CC3CC(CC(C3)C1)C2)c1nc(-c2ccc3c(c2)OCO3)no1. The molecule has 7 rings (SSSR count). The van der Waals surface area contributed by atoms with Crippen molar-refractivity contribution < 1.29 is 18.8 Å². The molecule has 2 heterocycles. The van der Waals surface area contributed by atoms with Crippen molar-refractivity contribution in [3.05, 3.63) is 24.1 Å². The summed E-state index contributed by atoms with van der Waals surface area (Å²) in [5, 5.41) is 7.05. The number of benzene rings is 1. The van der Waals surface area contributed by atoms with Crippen molar-refractivity contribution in [1.82, 2.24) is 15.5 Å². The van der Waals surface area contributed by atoms with Crippen LogP contribution in [0.3, 0.4) is 0 Å². The zero-order valence-corrected chi connectivity index (χ0v) is 15.6. The fourth-order valence-electron chi connectivity index (χ4n) is 6.32. The Morgan fingerprint density at radius 3 is 2.54 bits per heavy atom. The van der Waals surface area contributed by atoms with Crippen LogP contribution in [-0.4, -0.2) is 29.4 Å². The van der Waals surface area contributed by atoms with Crippen LogP contribution >= 0.6 is 0 Å². The summed E-state index contributed by atoms with van der Waals surface area (Å²) in [7, 11) is 0. The summed E-state index contributed by atoms with van der Waals surface area (Å²) in [6.07, 6.45) is 7.96. The van der Waals surface area contributed by atoms with E-state index in [0.717, 1.165) is 29.9 Å². The Labute approximate surface area is 162 Å². The number of ether oxygens (including phenoxy) is 2. The summed E-state index contributed by atoms with van der Waals surface area (Å²) >= 11 is 0. The van der Waals surface area contributed by atoms with Gasteiger partial charge in [-0.3, -0.25) is 4.79 Å². The first kappa shape index (κ1) is 16.4. The minimum atomic E-state index is -0.282. The van der Waals surface area contributed by atoms with E-state index in [1.807, 2.05) is 6.07 Å². The predicted molar refractivity (Wildman–Crippen MR) is 98.8 cm³/mol. The van der Waals surface area contributed by atoms with E-state index in [1.54, 1.807) is 12.1 Å². The Bertz CT molecular complexity index is 902. The van der Waals surface area contributed by atoms with Gasteiger partial charge in [0.25, 0.3) is 0 Å². The van der Waals surface area contributed by atoms with Gasteiger partial charge in [0, 0.05) is 12.1 Å². The fourth-order valence-corrected chi connectivity index (χ4v) is 6.32.